The van der Waals surface area contributed by atoms with Gasteiger partial charge in [-0.05, 0) is 43.3 Å². The zero-order valence-corrected chi connectivity index (χ0v) is 11.1. The molecular weight excluding hydrogens is 272 g/mol. The molecule has 0 fully saturated rings. The molecular formula is C11H15BrN2S. The average molecular weight is 287 g/mol. The third-order valence-electron chi connectivity index (χ3n) is 1.95. The third-order valence-corrected chi connectivity index (χ3v) is 2.77. The second-order valence-electron chi connectivity index (χ2n) is 3.16. The molecule has 0 atom stereocenters. The van der Waals surface area contributed by atoms with Gasteiger partial charge in [-0.15, -0.1) is 0 Å². The van der Waals surface area contributed by atoms with Crippen molar-refractivity contribution in [3.8, 4) is 0 Å². The van der Waals surface area contributed by atoms with Crippen LogP contribution in [0.4, 0.5) is 0 Å². The second-order valence-corrected chi connectivity index (χ2v) is 4.49. The summed E-state index contributed by atoms with van der Waals surface area (Å²) in [6.07, 6.45) is 0.985. The molecule has 0 heterocycles. The van der Waals surface area contributed by atoms with E-state index < -0.39 is 0 Å². The van der Waals surface area contributed by atoms with Gasteiger partial charge in [-0.3, -0.25) is 0 Å². The van der Waals surface area contributed by atoms with Crippen molar-refractivity contribution in [2.75, 3.05) is 13.1 Å². The first-order valence-corrected chi connectivity index (χ1v) is 6.18. The van der Waals surface area contributed by atoms with Crippen LogP contribution in [-0.4, -0.2) is 18.2 Å². The lowest BCUT2D eigenvalue weighted by Gasteiger charge is -2.08. The molecule has 82 valence electrons. The van der Waals surface area contributed by atoms with Crippen LogP contribution in [0.15, 0.2) is 28.7 Å². The number of hydrogen-bond donors (Lipinski definition) is 2. The van der Waals surface area contributed by atoms with E-state index in [2.05, 4.69) is 50.8 Å². The Kier molecular flexibility index (Phi) is 5.65. The monoisotopic (exact) mass is 286 g/mol. The topological polar surface area (TPSA) is 24.1 Å². The van der Waals surface area contributed by atoms with Crippen molar-refractivity contribution >= 4 is 33.3 Å². The van der Waals surface area contributed by atoms with Crippen LogP contribution in [0.25, 0.3) is 0 Å². The minimum Gasteiger partial charge on any atom is -0.363 e. The molecule has 0 saturated heterocycles. The molecule has 4 heteroatoms. The summed E-state index contributed by atoms with van der Waals surface area (Å²) in [6.45, 7) is 3.76. The molecule has 0 spiro atoms. The van der Waals surface area contributed by atoms with Crippen molar-refractivity contribution < 1.29 is 0 Å². The van der Waals surface area contributed by atoms with Crippen LogP contribution in [0.1, 0.15) is 12.5 Å². The summed E-state index contributed by atoms with van der Waals surface area (Å²) in [6, 6.07) is 8.33. The zero-order chi connectivity index (χ0) is 11.1. The van der Waals surface area contributed by atoms with Gasteiger partial charge in [0, 0.05) is 17.6 Å². The van der Waals surface area contributed by atoms with Crippen LogP contribution in [0.5, 0.6) is 0 Å². The molecule has 1 rings (SSSR count). The molecule has 0 saturated carbocycles. The smallest absolute Gasteiger partial charge is 0.166 e. The van der Waals surface area contributed by atoms with E-state index in [0.717, 1.165) is 29.1 Å². The lowest BCUT2D eigenvalue weighted by Crippen LogP contribution is -2.36. The van der Waals surface area contributed by atoms with E-state index in [9.17, 15) is 0 Å². The summed E-state index contributed by atoms with van der Waals surface area (Å²) < 4.78 is 1.11. The Hall–Kier alpha value is -0.610. The minimum absolute atomic E-state index is 0.731. The van der Waals surface area contributed by atoms with Crippen molar-refractivity contribution in [2.45, 2.75) is 13.3 Å². The SMILES string of the molecule is CCNC(=S)NCCc1ccc(Br)cc1. The van der Waals surface area contributed by atoms with Gasteiger partial charge in [0.15, 0.2) is 5.11 Å². The zero-order valence-electron chi connectivity index (χ0n) is 8.72. The van der Waals surface area contributed by atoms with Crippen molar-refractivity contribution in [2.24, 2.45) is 0 Å². The van der Waals surface area contributed by atoms with E-state index in [4.69, 9.17) is 12.2 Å². The second kappa shape index (κ2) is 6.80. The molecule has 0 unspecified atom stereocenters. The first kappa shape index (κ1) is 12.5. The predicted octanol–water partition coefficient (Wildman–Crippen LogP) is 2.48. The van der Waals surface area contributed by atoms with Crippen molar-refractivity contribution in [3.05, 3.63) is 34.3 Å². The molecule has 0 amide bonds. The van der Waals surface area contributed by atoms with E-state index >= 15 is 0 Å². The molecule has 0 bridgehead atoms. The van der Waals surface area contributed by atoms with E-state index in [0.29, 0.717) is 0 Å². The van der Waals surface area contributed by atoms with Crippen LogP contribution in [-0.2, 0) is 6.42 Å². The van der Waals surface area contributed by atoms with Crippen LogP contribution in [0, 0.1) is 0 Å². The van der Waals surface area contributed by atoms with Crippen LogP contribution < -0.4 is 10.6 Å². The highest BCUT2D eigenvalue weighted by Gasteiger charge is 1.95. The van der Waals surface area contributed by atoms with Gasteiger partial charge in [0.2, 0.25) is 0 Å². The molecule has 0 aliphatic rings. The summed E-state index contributed by atoms with van der Waals surface area (Å²) in [5.74, 6) is 0. The average Bonchev–Trinajstić information content (AvgIpc) is 2.21. The van der Waals surface area contributed by atoms with E-state index in [-0.39, 0.29) is 0 Å². The van der Waals surface area contributed by atoms with Gasteiger partial charge in [-0.1, -0.05) is 28.1 Å². The van der Waals surface area contributed by atoms with Gasteiger partial charge in [0.1, 0.15) is 0 Å². The van der Waals surface area contributed by atoms with Crippen molar-refractivity contribution in [3.63, 3.8) is 0 Å². The molecule has 2 N–H and O–H groups in total. The van der Waals surface area contributed by atoms with E-state index in [1.165, 1.54) is 5.56 Å². The van der Waals surface area contributed by atoms with Crippen LogP contribution in [0.2, 0.25) is 0 Å². The maximum absolute atomic E-state index is 5.06. The van der Waals surface area contributed by atoms with Gasteiger partial charge in [0.25, 0.3) is 0 Å². The summed E-state index contributed by atoms with van der Waals surface area (Å²) in [5, 5.41) is 6.94. The Labute approximate surface area is 105 Å². The first-order chi connectivity index (χ1) is 7.22. The molecule has 2 nitrogen and oxygen atoms in total. The maximum atomic E-state index is 5.06. The summed E-state index contributed by atoms with van der Waals surface area (Å²) in [4.78, 5) is 0. The quantitative estimate of drug-likeness (QED) is 0.832. The molecule has 0 aliphatic carbocycles. The molecule has 0 aromatic heterocycles. The Bertz CT molecular complexity index is 311. The molecule has 0 aliphatic heterocycles. The summed E-state index contributed by atoms with van der Waals surface area (Å²) >= 11 is 8.47. The van der Waals surface area contributed by atoms with Crippen molar-refractivity contribution in [1.82, 2.24) is 10.6 Å². The third kappa shape index (κ3) is 5.14. The molecule has 15 heavy (non-hydrogen) atoms. The van der Waals surface area contributed by atoms with Crippen molar-refractivity contribution in [1.29, 1.82) is 0 Å². The first-order valence-electron chi connectivity index (χ1n) is 4.98. The van der Waals surface area contributed by atoms with Gasteiger partial charge in [-0.25, -0.2) is 0 Å². The lowest BCUT2D eigenvalue weighted by atomic mass is 10.1. The largest absolute Gasteiger partial charge is 0.363 e. The Morgan fingerprint density at radius 3 is 2.53 bits per heavy atom. The molecule has 1 aromatic carbocycles. The van der Waals surface area contributed by atoms with Crippen LogP contribution in [0.3, 0.4) is 0 Å². The van der Waals surface area contributed by atoms with E-state index in [1.807, 2.05) is 6.92 Å². The minimum atomic E-state index is 0.731. The standard InChI is InChI=1S/C11H15BrN2S/c1-2-13-11(15)14-8-7-9-3-5-10(12)6-4-9/h3-6H,2,7-8H2,1H3,(H2,13,14,15). The highest BCUT2D eigenvalue weighted by atomic mass is 79.9. The van der Waals surface area contributed by atoms with Crippen LogP contribution >= 0.6 is 28.1 Å². The normalized spacial score (nSPS) is 9.73. The number of benzene rings is 1. The number of halogens is 1. The maximum Gasteiger partial charge on any atom is 0.166 e. The number of rotatable bonds is 4. The predicted molar refractivity (Wildman–Crippen MR) is 72.1 cm³/mol. The number of hydrogen-bond acceptors (Lipinski definition) is 1. The Morgan fingerprint density at radius 2 is 1.93 bits per heavy atom. The Morgan fingerprint density at radius 1 is 1.27 bits per heavy atom. The highest BCUT2D eigenvalue weighted by molar-refractivity contribution is 9.10. The van der Waals surface area contributed by atoms with Gasteiger partial charge in [0.05, 0.1) is 0 Å². The summed E-state index contributed by atoms with van der Waals surface area (Å²) in [7, 11) is 0. The Balaban J connectivity index is 2.26. The van der Waals surface area contributed by atoms with E-state index in [1.54, 1.807) is 0 Å². The lowest BCUT2D eigenvalue weighted by molar-refractivity contribution is 0.829. The van der Waals surface area contributed by atoms with Gasteiger partial charge in [-0.2, -0.15) is 0 Å². The fourth-order valence-corrected chi connectivity index (χ4v) is 1.71. The fourth-order valence-electron chi connectivity index (χ4n) is 1.19. The van der Waals surface area contributed by atoms with Gasteiger partial charge >= 0.3 is 0 Å². The molecule has 0 radical (unpaired) electrons. The summed E-state index contributed by atoms with van der Waals surface area (Å²) in [5.41, 5.74) is 1.31. The highest BCUT2D eigenvalue weighted by Crippen LogP contribution is 2.10. The number of nitrogens with one attached hydrogen (secondary N) is 2. The fraction of sp³-hybridized carbons (Fsp3) is 0.364. The van der Waals surface area contributed by atoms with Gasteiger partial charge < -0.3 is 10.6 Å². The molecule has 1 aromatic rings. The number of thiocarbonyl (C=S) groups is 1.